The number of urea groups is 1. The third kappa shape index (κ3) is 5.83. The zero-order chi connectivity index (χ0) is 25.8. The van der Waals surface area contributed by atoms with Crippen molar-refractivity contribution in [3.8, 4) is 0 Å². The van der Waals surface area contributed by atoms with E-state index in [1.54, 1.807) is 6.20 Å². The monoisotopic (exact) mass is 497 g/mol. The summed E-state index contributed by atoms with van der Waals surface area (Å²) in [5, 5.41) is 6.11. The molecular weight excluding hydrogens is 462 g/mol. The van der Waals surface area contributed by atoms with Crippen LogP contribution in [0.3, 0.4) is 0 Å². The minimum Gasteiger partial charge on any atom is -0.338 e. The first-order chi connectivity index (χ1) is 18.0. The van der Waals surface area contributed by atoms with Crippen LogP contribution in [0.4, 0.5) is 10.5 Å². The molecule has 5 rings (SSSR count). The number of pyridine rings is 1. The minimum absolute atomic E-state index is 0.0834. The molecule has 7 nitrogen and oxygen atoms in total. The van der Waals surface area contributed by atoms with Gasteiger partial charge in [0.05, 0.1) is 17.3 Å². The van der Waals surface area contributed by atoms with Crippen LogP contribution in [0.15, 0.2) is 72.9 Å². The van der Waals surface area contributed by atoms with Crippen LogP contribution >= 0.6 is 0 Å². The number of benzene rings is 2. The number of anilines is 1. The Kier molecular flexibility index (Phi) is 7.51. The highest BCUT2D eigenvalue weighted by molar-refractivity contribution is 5.96. The average molecular weight is 498 g/mol. The van der Waals surface area contributed by atoms with Crippen molar-refractivity contribution in [1.82, 2.24) is 20.1 Å². The quantitative estimate of drug-likeness (QED) is 0.498. The normalized spacial score (nSPS) is 19.9. The van der Waals surface area contributed by atoms with Crippen LogP contribution in [0.5, 0.6) is 0 Å². The number of carbonyl (C=O) groups excluding carboxylic acids is 2. The highest BCUT2D eigenvalue weighted by Gasteiger charge is 2.42. The van der Waals surface area contributed by atoms with Crippen molar-refractivity contribution < 1.29 is 9.59 Å². The molecule has 0 bridgehead atoms. The Bertz CT molecular complexity index is 1200. The van der Waals surface area contributed by atoms with Gasteiger partial charge in [-0.1, -0.05) is 48.5 Å². The minimum atomic E-state index is -0.200. The van der Waals surface area contributed by atoms with Crippen molar-refractivity contribution in [2.24, 2.45) is 11.8 Å². The van der Waals surface area contributed by atoms with Crippen LogP contribution in [-0.2, 0) is 0 Å². The van der Waals surface area contributed by atoms with E-state index in [1.807, 2.05) is 73.3 Å². The van der Waals surface area contributed by atoms with E-state index in [9.17, 15) is 9.59 Å². The number of para-hydroxylation sites is 1. The molecule has 0 aliphatic carbocycles. The zero-order valence-corrected chi connectivity index (χ0v) is 21.6. The van der Waals surface area contributed by atoms with Crippen LogP contribution in [0, 0.1) is 25.7 Å². The third-order valence-electron chi connectivity index (χ3n) is 7.68. The Balaban J connectivity index is 1.17. The Labute approximate surface area is 218 Å². The molecule has 2 aliphatic heterocycles. The van der Waals surface area contributed by atoms with Crippen LogP contribution in [0.25, 0.3) is 0 Å². The molecule has 3 aromatic rings. The van der Waals surface area contributed by atoms with E-state index in [-0.39, 0.29) is 18.0 Å². The van der Waals surface area contributed by atoms with Gasteiger partial charge in [-0.25, -0.2) is 4.79 Å². The van der Waals surface area contributed by atoms with Crippen molar-refractivity contribution in [3.05, 3.63) is 95.3 Å². The molecule has 2 aromatic carbocycles. The molecule has 37 heavy (non-hydrogen) atoms. The molecule has 0 spiro atoms. The Morgan fingerprint density at radius 2 is 1.57 bits per heavy atom. The van der Waals surface area contributed by atoms with Crippen LogP contribution < -0.4 is 10.6 Å². The van der Waals surface area contributed by atoms with Gasteiger partial charge >= 0.3 is 6.03 Å². The Morgan fingerprint density at radius 3 is 2.22 bits per heavy atom. The lowest BCUT2D eigenvalue weighted by Crippen LogP contribution is -2.36. The lowest BCUT2D eigenvalue weighted by Gasteiger charge is -2.25. The fourth-order valence-corrected chi connectivity index (χ4v) is 5.78. The molecule has 3 atom stereocenters. The number of hydrogen-bond donors (Lipinski definition) is 2. The first kappa shape index (κ1) is 25.0. The lowest BCUT2D eigenvalue weighted by atomic mass is 10.0. The summed E-state index contributed by atoms with van der Waals surface area (Å²) in [6.45, 7) is 8.36. The molecule has 1 aromatic heterocycles. The first-order valence-electron chi connectivity index (χ1n) is 13.1. The number of amides is 3. The SMILES string of the molecule is Cc1ccnc(C)c1C(=O)N1CC2CN(CCC(NC(=O)Nc3ccccc3)c3ccccc3)CC2C1. The van der Waals surface area contributed by atoms with E-state index < -0.39 is 0 Å². The van der Waals surface area contributed by atoms with E-state index in [2.05, 4.69) is 32.7 Å². The van der Waals surface area contributed by atoms with Crippen LogP contribution in [0.1, 0.15) is 39.6 Å². The summed E-state index contributed by atoms with van der Waals surface area (Å²) in [7, 11) is 0. The van der Waals surface area contributed by atoms with E-state index in [0.29, 0.717) is 11.8 Å². The number of hydrogen-bond acceptors (Lipinski definition) is 4. The summed E-state index contributed by atoms with van der Waals surface area (Å²) in [4.78, 5) is 34.8. The number of nitrogens with one attached hydrogen (secondary N) is 2. The average Bonchev–Trinajstić information content (AvgIpc) is 3.47. The van der Waals surface area contributed by atoms with Gasteiger partial charge in [0.1, 0.15) is 0 Å². The Morgan fingerprint density at radius 1 is 0.919 bits per heavy atom. The van der Waals surface area contributed by atoms with Gasteiger partial charge in [0, 0.05) is 44.6 Å². The number of aryl methyl sites for hydroxylation is 2. The molecule has 2 aliphatic rings. The summed E-state index contributed by atoms with van der Waals surface area (Å²) in [5.74, 6) is 1.10. The molecule has 3 unspecified atom stereocenters. The highest BCUT2D eigenvalue weighted by atomic mass is 16.2. The van der Waals surface area contributed by atoms with Crippen molar-refractivity contribution in [2.45, 2.75) is 26.3 Å². The van der Waals surface area contributed by atoms with E-state index in [4.69, 9.17) is 0 Å². The highest BCUT2D eigenvalue weighted by Crippen LogP contribution is 2.33. The van der Waals surface area contributed by atoms with E-state index in [0.717, 1.165) is 67.2 Å². The number of carbonyl (C=O) groups is 2. The number of nitrogens with zero attached hydrogens (tertiary/aromatic N) is 3. The molecule has 2 N–H and O–H groups in total. The second kappa shape index (κ2) is 11.1. The standard InChI is InChI=1S/C30H35N5O2/c1-21-13-15-31-22(2)28(21)29(36)35-19-24-17-34(18-25(24)20-35)16-14-27(23-9-5-3-6-10-23)33-30(37)32-26-11-7-4-8-12-26/h3-13,15,24-25,27H,14,16-20H2,1-2H3,(H2,32,33,37). The summed E-state index contributed by atoms with van der Waals surface area (Å²) >= 11 is 0. The maximum atomic E-state index is 13.2. The molecule has 3 amide bonds. The van der Waals surface area contributed by atoms with Crippen molar-refractivity contribution in [3.63, 3.8) is 0 Å². The predicted octanol–water partition coefficient (Wildman–Crippen LogP) is 4.66. The van der Waals surface area contributed by atoms with Gasteiger partial charge < -0.3 is 20.4 Å². The van der Waals surface area contributed by atoms with Gasteiger partial charge in [0.25, 0.3) is 5.91 Å². The first-order valence-corrected chi connectivity index (χ1v) is 13.1. The summed E-state index contributed by atoms with van der Waals surface area (Å²) < 4.78 is 0. The van der Waals surface area contributed by atoms with Gasteiger partial charge in [-0.05, 0) is 61.4 Å². The predicted molar refractivity (Wildman–Crippen MR) is 145 cm³/mol. The number of aromatic nitrogens is 1. The fourth-order valence-electron chi connectivity index (χ4n) is 5.78. The number of rotatable bonds is 7. The summed E-state index contributed by atoms with van der Waals surface area (Å²) in [6, 6.07) is 21.3. The van der Waals surface area contributed by atoms with Gasteiger partial charge in [-0.2, -0.15) is 0 Å². The van der Waals surface area contributed by atoms with E-state index in [1.165, 1.54) is 0 Å². The fraction of sp³-hybridized carbons (Fsp3) is 0.367. The molecule has 0 radical (unpaired) electrons. The summed E-state index contributed by atoms with van der Waals surface area (Å²) in [6.07, 6.45) is 2.59. The second-order valence-electron chi connectivity index (χ2n) is 10.3. The second-order valence-corrected chi connectivity index (χ2v) is 10.3. The topological polar surface area (TPSA) is 77.6 Å². The molecule has 2 fully saturated rings. The van der Waals surface area contributed by atoms with Crippen LogP contribution in [-0.4, -0.2) is 59.4 Å². The lowest BCUT2D eigenvalue weighted by molar-refractivity contribution is 0.0772. The van der Waals surface area contributed by atoms with Crippen LogP contribution in [0.2, 0.25) is 0 Å². The molecule has 2 saturated heterocycles. The maximum Gasteiger partial charge on any atom is 0.319 e. The molecule has 192 valence electrons. The van der Waals surface area contributed by atoms with Gasteiger partial charge in [0.15, 0.2) is 0 Å². The maximum absolute atomic E-state index is 13.2. The molecule has 7 heteroatoms. The Hall–Kier alpha value is -3.71. The van der Waals surface area contributed by atoms with Gasteiger partial charge in [0.2, 0.25) is 0 Å². The summed E-state index contributed by atoms with van der Waals surface area (Å²) in [5.41, 5.74) is 4.43. The van der Waals surface area contributed by atoms with Gasteiger partial charge in [-0.3, -0.25) is 9.78 Å². The number of likely N-dealkylation sites (tertiary alicyclic amines) is 2. The van der Waals surface area contributed by atoms with Gasteiger partial charge in [-0.15, -0.1) is 0 Å². The van der Waals surface area contributed by atoms with Crippen molar-refractivity contribution in [1.29, 1.82) is 0 Å². The molecule has 0 saturated carbocycles. The number of fused-ring (bicyclic) bond motifs is 1. The largest absolute Gasteiger partial charge is 0.338 e. The molecule has 3 heterocycles. The van der Waals surface area contributed by atoms with Crippen molar-refractivity contribution >= 4 is 17.6 Å². The third-order valence-corrected chi connectivity index (χ3v) is 7.68. The molecular formula is C30H35N5O2. The van der Waals surface area contributed by atoms with Crippen molar-refractivity contribution in [2.75, 3.05) is 38.0 Å². The van der Waals surface area contributed by atoms with E-state index >= 15 is 0 Å². The zero-order valence-electron chi connectivity index (χ0n) is 21.6. The smallest absolute Gasteiger partial charge is 0.319 e.